The van der Waals surface area contributed by atoms with E-state index in [-0.39, 0.29) is 17.9 Å². The fourth-order valence-electron chi connectivity index (χ4n) is 3.64. The molecule has 0 saturated carbocycles. The van der Waals surface area contributed by atoms with Gasteiger partial charge in [-0.05, 0) is 73.0 Å². The van der Waals surface area contributed by atoms with Crippen LogP contribution in [-0.4, -0.2) is 18.4 Å². The number of nitrogens with zero attached hydrogens (tertiary/aromatic N) is 1. The number of amides is 2. The van der Waals surface area contributed by atoms with Crippen molar-refractivity contribution in [3.63, 3.8) is 0 Å². The van der Waals surface area contributed by atoms with E-state index in [1.54, 1.807) is 41.3 Å². The molecule has 1 unspecified atom stereocenters. The number of hydrogen-bond donors (Lipinski definition) is 1. The fourth-order valence-corrected chi connectivity index (χ4v) is 4.10. The number of fused-ring (bicyclic) bond motifs is 1. The van der Waals surface area contributed by atoms with E-state index in [9.17, 15) is 9.59 Å². The second-order valence-corrected chi connectivity index (χ2v) is 8.66. The van der Waals surface area contributed by atoms with E-state index in [0.717, 1.165) is 27.7 Å². The molecule has 4 nitrogen and oxygen atoms in total. The summed E-state index contributed by atoms with van der Waals surface area (Å²) < 4.78 is 0.933. The maximum absolute atomic E-state index is 12.9. The Morgan fingerprint density at radius 2 is 1.80 bits per heavy atom. The van der Waals surface area contributed by atoms with Crippen LogP contribution in [0.5, 0.6) is 0 Å². The van der Waals surface area contributed by atoms with Crippen molar-refractivity contribution in [3.8, 4) is 0 Å². The first-order chi connectivity index (χ1) is 14.4. The molecule has 1 aliphatic heterocycles. The van der Waals surface area contributed by atoms with E-state index >= 15 is 0 Å². The third kappa shape index (κ3) is 4.27. The van der Waals surface area contributed by atoms with Crippen molar-refractivity contribution in [1.29, 1.82) is 0 Å². The quantitative estimate of drug-likeness (QED) is 0.510. The van der Waals surface area contributed by atoms with E-state index in [1.165, 1.54) is 0 Å². The summed E-state index contributed by atoms with van der Waals surface area (Å²) >= 11 is 9.42. The molecule has 1 heterocycles. The molecule has 1 N–H and O–H groups in total. The number of halogens is 2. The van der Waals surface area contributed by atoms with Gasteiger partial charge in [0.2, 0.25) is 0 Å². The zero-order valence-electron chi connectivity index (χ0n) is 16.4. The molecule has 0 bridgehead atoms. The molecule has 0 spiro atoms. The monoisotopic (exact) mass is 482 g/mol. The summed E-state index contributed by atoms with van der Waals surface area (Å²) in [6.45, 7) is 2.59. The predicted molar refractivity (Wildman–Crippen MR) is 123 cm³/mol. The second kappa shape index (κ2) is 8.62. The van der Waals surface area contributed by atoms with Crippen LogP contribution in [-0.2, 0) is 6.42 Å². The number of nitrogens with one attached hydrogen (secondary N) is 1. The Hall–Kier alpha value is -2.63. The van der Waals surface area contributed by atoms with Gasteiger partial charge in [0.1, 0.15) is 0 Å². The van der Waals surface area contributed by atoms with E-state index in [0.29, 0.717) is 22.7 Å². The molecule has 1 atom stereocenters. The van der Waals surface area contributed by atoms with Gasteiger partial charge < -0.3 is 10.2 Å². The van der Waals surface area contributed by atoms with Crippen LogP contribution in [0.2, 0.25) is 5.02 Å². The maximum atomic E-state index is 12.9. The molecule has 6 heteroatoms. The molecule has 0 saturated heterocycles. The van der Waals surface area contributed by atoms with Crippen molar-refractivity contribution in [2.45, 2.75) is 19.4 Å². The fraction of sp³-hybridized carbons (Fsp3) is 0.167. The van der Waals surface area contributed by atoms with Gasteiger partial charge in [-0.25, -0.2) is 0 Å². The molecule has 3 aromatic rings. The highest BCUT2D eigenvalue weighted by Gasteiger charge is 2.26. The van der Waals surface area contributed by atoms with Crippen LogP contribution in [0, 0.1) is 0 Å². The van der Waals surface area contributed by atoms with Crippen LogP contribution in [0.3, 0.4) is 0 Å². The van der Waals surface area contributed by atoms with E-state index < -0.39 is 0 Å². The first kappa shape index (κ1) is 20.6. The smallest absolute Gasteiger partial charge is 0.258 e. The topological polar surface area (TPSA) is 49.4 Å². The maximum Gasteiger partial charge on any atom is 0.258 e. The number of anilines is 1. The largest absolute Gasteiger partial charge is 0.346 e. The molecular weight excluding hydrogens is 464 g/mol. The van der Waals surface area contributed by atoms with Crippen LogP contribution in [0.15, 0.2) is 71.2 Å². The Labute approximate surface area is 189 Å². The van der Waals surface area contributed by atoms with Gasteiger partial charge in [-0.15, -0.1) is 0 Å². The van der Waals surface area contributed by atoms with Crippen molar-refractivity contribution < 1.29 is 9.59 Å². The minimum atomic E-state index is -0.149. The summed E-state index contributed by atoms with van der Waals surface area (Å²) in [6.07, 6.45) is 0.781. The highest BCUT2D eigenvalue weighted by atomic mass is 79.9. The summed E-state index contributed by atoms with van der Waals surface area (Å²) in [5, 5.41) is 3.59. The first-order valence-electron chi connectivity index (χ1n) is 9.69. The lowest BCUT2D eigenvalue weighted by atomic mass is 10.0. The lowest BCUT2D eigenvalue weighted by Crippen LogP contribution is -2.29. The Morgan fingerprint density at radius 1 is 1.03 bits per heavy atom. The van der Waals surface area contributed by atoms with Crippen molar-refractivity contribution in [2.24, 2.45) is 0 Å². The molecule has 0 aliphatic carbocycles. The Morgan fingerprint density at radius 3 is 2.53 bits per heavy atom. The number of carbonyl (C=O) groups excluding carboxylic acids is 2. The number of rotatable bonds is 4. The van der Waals surface area contributed by atoms with Gasteiger partial charge in [0.05, 0.1) is 6.04 Å². The van der Waals surface area contributed by atoms with Crippen molar-refractivity contribution in [3.05, 3.63) is 98.5 Å². The highest BCUT2D eigenvalue weighted by Crippen LogP contribution is 2.32. The van der Waals surface area contributed by atoms with Crippen molar-refractivity contribution in [1.82, 2.24) is 5.32 Å². The van der Waals surface area contributed by atoms with Gasteiger partial charge in [0.25, 0.3) is 11.8 Å². The summed E-state index contributed by atoms with van der Waals surface area (Å²) in [7, 11) is 0. The molecule has 0 fully saturated rings. The van der Waals surface area contributed by atoms with E-state index in [2.05, 4.69) is 27.3 Å². The molecular formula is C24H20BrClN2O2. The molecule has 0 radical (unpaired) electrons. The lowest BCUT2D eigenvalue weighted by Gasteiger charge is -2.19. The standard InChI is InChI=1S/C24H20BrClN2O2/c1-15(27-23(29)16-5-8-20(25)9-6-16)17-7-10-22-18(13-17)11-12-28(22)24(30)19-3-2-4-21(26)14-19/h2-10,13-15H,11-12H2,1H3,(H,27,29). The van der Waals surface area contributed by atoms with Crippen LogP contribution in [0.4, 0.5) is 5.69 Å². The van der Waals surface area contributed by atoms with Crippen molar-refractivity contribution >= 4 is 45.0 Å². The molecule has 1 aliphatic rings. The average Bonchev–Trinajstić information content (AvgIpc) is 3.16. The molecule has 2 amide bonds. The van der Waals surface area contributed by atoms with Crippen molar-refractivity contribution in [2.75, 3.05) is 11.4 Å². The molecule has 30 heavy (non-hydrogen) atoms. The highest BCUT2D eigenvalue weighted by molar-refractivity contribution is 9.10. The Bertz CT molecular complexity index is 1110. The van der Waals surface area contributed by atoms with Gasteiger partial charge >= 0.3 is 0 Å². The van der Waals surface area contributed by atoms with E-state index in [1.807, 2.05) is 31.2 Å². The number of carbonyl (C=O) groups is 2. The summed E-state index contributed by atoms with van der Waals surface area (Å²) in [5.41, 5.74) is 4.22. The first-order valence-corrected chi connectivity index (χ1v) is 10.9. The molecule has 152 valence electrons. The molecule has 0 aromatic heterocycles. The predicted octanol–water partition coefficient (Wildman–Crippen LogP) is 5.80. The van der Waals surface area contributed by atoms with Gasteiger partial charge in [-0.3, -0.25) is 9.59 Å². The SMILES string of the molecule is CC(NC(=O)c1ccc(Br)cc1)c1ccc2c(c1)CCN2C(=O)c1cccc(Cl)c1. The summed E-state index contributed by atoms with van der Waals surface area (Å²) in [5.74, 6) is -0.172. The minimum Gasteiger partial charge on any atom is -0.346 e. The van der Waals surface area contributed by atoms with Gasteiger partial charge in [-0.1, -0.05) is 45.7 Å². The third-order valence-electron chi connectivity index (χ3n) is 5.27. The zero-order valence-corrected chi connectivity index (χ0v) is 18.7. The third-order valence-corrected chi connectivity index (χ3v) is 6.03. The molecule has 3 aromatic carbocycles. The van der Waals surface area contributed by atoms with E-state index in [4.69, 9.17) is 11.6 Å². The van der Waals surface area contributed by atoms with Crippen LogP contribution < -0.4 is 10.2 Å². The summed E-state index contributed by atoms with van der Waals surface area (Å²) in [6, 6.07) is 20.1. The van der Waals surface area contributed by atoms with Crippen LogP contribution >= 0.6 is 27.5 Å². The molecule has 4 rings (SSSR count). The lowest BCUT2D eigenvalue weighted by molar-refractivity contribution is 0.0938. The van der Waals surface area contributed by atoms with Crippen LogP contribution in [0.1, 0.15) is 44.8 Å². The number of benzene rings is 3. The second-order valence-electron chi connectivity index (χ2n) is 7.31. The Balaban J connectivity index is 1.50. The summed E-state index contributed by atoms with van der Waals surface area (Å²) in [4.78, 5) is 27.2. The van der Waals surface area contributed by atoms with Gasteiger partial charge in [0, 0.05) is 32.9 Å². The average molecular weight is 484 g/mol. The van der Waals surface area contributed by atoms with Crippen LogP contribution in [0.25, 0.3) is 0 Å². The van der Waals surface area contributed by atoms with Gasteiger partial charge in [0.15, 0.2) is 0 Å². The zero-order chi connectivity index (χ0) is 21.3. The number of hydrogen-bond acceptors (Lipinski definition) is 2. The Kier molecular flexibility index (Phi) is 5.93. The minimum absolute atomic E-state index is 0.0550. The normalized spacial score (nSPS) is 13.6. The van der Waals surface area contributed by atoms with Gasteiger partial charge in [-0.2, -0.15) is 0 Å².